The van der Waals surface area contributed by atoms with Gasteiger partial charge in [0.1, 0.15) is 5.75 Å². The Morgan fingerprint density at radius 1 is 1.16 bits per heavy atom. The van der Waals surface area contributed by atoms with Gasteiger partial charge in [0.15, 0.2) is 0 Å². The van der Waals surface area contributed by atoms with Crippen LogP contribution >= 0.6 is 0 Å². The van der Waals surface area contributed by atoms with Crippen LogP contribution in [-0.2, 0) is 10.0 Å². The second-order valence-electron chi connectivity index (χ2n) is 5.75. The summed E-state index contributed by atoms with van der Waals surface area (Å²) >= 11 is 0. The zero-order chi connectivity index (χ0) is 18.6. The van der Waals surface area contributed by atoms with Crippen LogP contribution in [0.2, 0.25) is 0 Å². The summed E-state index contributed by atoms with van der Waals surface area (Å²) in [7, 11) is -0.333. The zero-order valence-corrected chi connectivity index (χ0v) is 15.5. The van der Waals surface area contributed by atoms with Gasteiger partial charge in [0.25, 0.3) is 5.91 Å². The van der Waals surface area contributed by atoms with E-state index in [2.05, 4.69) is 5.32 Å². The lowest BCUT2D eigenvalue weighted by atomic mass is 10.1. The van der Waals surface area contributed by atoms with E-state index >= 15 is 0 Å². The summed E-state index contributed by atoms with van der Waals surface area (Å²) in [6.45, 7) is 1.88. The van der Waals surface area contributed by atoms with Crippen LogP contribution in [0.3, 0.4) is 0 Å². The molecule has 0 spiro atoms. The van der Waals surface area contributed by atoms with Crippen molar-refractivity contribution in [3.05, 3.63) is 59.7 Å². The Kier molecular flexibility index (Phi) is 5.69. The number of carbonyl (C=O) groups is 1. The minimum absolute atomic E-state index is 0.199. The molecule has 0 aliphatic heterocycles. The highest BCUT2D eigenvalue weighted by atomic mass is 32.2. The highest BCUT2D eigenvalue weighted by molar-refractivity contribution is 7.92. The van der Waals surface area contributed by atoms with Gasteiger partial charge in [-0.05, 0) is 42.8 Å². The first-order valence-corrected chi connectivity index (χ1v) is 9.56. The average Bonchev–Trinajstić information content (AvgIpc) is 2.60. The Morgan fingerprint density at radius 3 is 2.36 bits per heavy atom. The molecule has 0 radical (unpaired) electrons. The van der Waals surface area contributed by atoms with Gasteiger partial charge in [0, 0.05) is 12.6 Å². The smallest absolute Gasteiger partial charge is 0.251 e. The van der Waals surface area contributed by atoms with Gasteiger partial charge in [-0.25, -0.2) is 8.42 Å². The molecule has 134 valence electrons. The maximum Gasteiger partial charge on any atom is 0.251 e. The fraction of sp³-hybridized carbons (Fsp3) is 0.278. The molecule has 2 aromatic rings. The molecule has 7 heteroatoms. The van der Waals surface area contributed by atoms with Gasteiger partial charge in [0.05, 0.1) is 25.1 Å². The number of hydrogen-bond acceptors (Lipinski definition) is 4. The van der Waals surface area contributed by atoms with Gasteiger partial charge >= 0.3 is 0 Å². The molecule has 0 aliphatic rings. The zero-order valence-electron chi connectivity index (χ0n) is 14.7. The summed E-state index contributed by atoms with van der Waals surface area (Å²) in [5.74, 6) is 0.478. The van der Waals surface area contributed by atoms with Gasteiger partial charge in [-0.3, -0.25) is 9.10 Å². The molecular weight excluding hydrogens is 340 g/mol. The largest absolute Gasteiger partial charge is 0.497 e. The summed E-state index contributed by atoms with van der Waals surface area (Å²) in [5.41, 5.74) is 1.78. The molecule has 0 saturated heterocycles. The molecule has 0 bridgehead atoms. The van der Waals surface area contributed by atoms with Crippen molar-refractivity contribution in [1.82, 2.24) is 5.32 Å². The van der Waals surface area contributed by atoms with Crippen molar-refractivity contribution in [2.45, 2.75) is 13.0 Å². The number of ether oxygens (including phenoxy) is 1. The first kappa shape index (κ1) is 18.8. The summed E-state index contributed by atoms with van der Waals surface area (Å²) in [6, 6.07) is 13.7. The molecule has 1 amide bonds. The number of amides is 1. The maximum atomic E-state index is 12.5. The molecule has 25 heavy (non-hydrogen) atoms. The van der Waals surface area contributed by atoms with Crippen LogP contribution in [0.1, 0.15) is 28.9 Å². The van der Waals surface area contributed by atoms with Crippen molar-refractivity contribution in [3.8, 4) is 5.75 Å². The Hall–Kier alpha value is -2.54. The molecule has 0 saturated carbocycles. The molecule has 6 nitrogen and oxygen atoms in total. The Morgan fingerprint density at radius 2 is 1.80 bits per heavy atom. The van der Waals surface area contributed by atoms with Crippen LogP contribution in [0, 0.1) is 0 Å². The van der Waals surface area contributed by atoms with Gasteiger partial charge in [0.2, 0.25) is 10.0 Å². The van der Waals surface area contributed by atoms with E-state index in [-0.39, 0.29) is 11.9 Å². The van der Waals surface area contributed by atoms with E-state index in [1.807, 2.05) is 31.2 Å². The third-order valence-electron chi connectivity index (χ3n) is 3.93. The van der Waals surface area contributed by atoms with Crippen molar-refractivity contribution < 1.29 is 17.9 Å². The van der Waals surface area contributed by atoms with Crippen molar-refractivity contribution >= 4 is 21.6 Å². The Balaban J connectivity index is 2.14. The quantitative estimate of drug-likeness (QED) is 0.857. The lowest BCUT2D eigenvalue weighted by molar-refractivity contribution is 0.0940. The molecule has 2 aromatic carbocycles. The molecule has 2 rings (SSSR count). The second kappa shape index (κ2) is 7.57. The first-order valence-electron chi connectivity index (χ1n) is 7.71. The van der Waals surface area contributed by atoms with E-state index in [1.54, 1.807) is 31.4 Å². The standard InChI is InChI=1S/C18H22N2O4S/c1-13(14-8-10-17(24-3)11-9-14)19-18(21)15-6-5-7-16(12-15)20(2)25(4,22)23/h5-13H,1-4H3,(H,19,21)/t13-/m0/s1. The fourth-order valence-corrected chi connectivity index (χ4v) is 2.79. The number of sulfonamides is 1. The predicted molar refractivity (Wildman–Crippen MR) is 98.6 cm³/mol. The number of carbonyl (C=O) groups excluding carboxylic acids is 1. The molecule has 1 atom stereocenters. The summed E-state index contributed by atoms with van der Waals surface area (Å²) < 4.78 is 29.5. The SMILES string of the molecule is COc1ccc([C@H](C)NC(=O)c2cccc(N(C)S(C)(=O)=O)c2)cc1. The van der Waals surface area contributed by atoms with Crippen molar-refractivity contribution in [2.75, 3.05) is 24.7 Å². The summed E-state index contributed by atoms with van der Waals surface area (Å²) in [4.78, 5) is 12.5. The summed E-state index contributed by atoms with van der Waals surface area (Å²) in [6.07, 6.45) is 1.12. The number of nitrogens with zero attached hydrogens (tertiary/aromatic N) is 1. The highest BCUT2D eigenvalue weighted by Crippen LogP contribution is 2.20. The van der Waals surface area contributed by atoms with Crippen LogP contribution in [-0.4, -0.2) is 34.7 Å². The molecule has 0 fully saturated rings. The first-order chi connectivity index (χ1) is 11.7. The number of methoxy groups -OCH3 is 1. The third-order valence-corrected chi connectivity index (χ3v) is 5.14. The van der Waals surface area contributed by atoms with Crippen LogP contribution in [0.25, 0.3) is 0 Å². The number of hydrogen-bond donors (Lipinski definition) is 1. The van der Waals surface area contributed by atoms with E-state index in [1.165, 1.54) is 7.05 Å². The Bertz CT molecular complexity index is 848. The van der Waals surface area contributed by atoms with Crippen molar-refractivity contribution in [3.63, 3.8) is 0 Å². The number of benzene rings is 2. The van der Waals surface area contributed by atoms with E-state index in [0.29, 0.717) is 11.3 Å². The third kappa shape index (κ3) is 4.73. The van der Waals surface area contributed by atoms with E-state index in [0.717, 1.165) is 21.9 Å². The van der Waals surface area contributed by atoms with E-state index < -0.39 is 10.0 Å². The van der Waals surface area contributed by atoms with Gasteiger partial charge in [-0.15, -0.1) is 0 Å². The highest BCUT2D eigenvalue weighted by Gasteiger charge is 2.16. The van der Waals surface area contributed by atoms with Gasteiger partial charge in [-0.2, -0.15) is 0 Å². The number of anilines is 1. The monoisotopic (exact) mass is 362 g/mol. The van der Waals surface area contributed by atoms with Crippen LogP contribution in [0.5, 0.6) is 5.75 Å². The number of rotatable bonds is 6. The molecule has 0 unspecified atom stereocenters. The van der Waals surface area contributed by atoms with Crippen LogP contribution in [0.15, 0.2) is 48.5 Å². The predicted octanol–water partition coefficient (Wildman–Crippen LogP) is 2.58. The maximum absolute atomic E-state index is 12.5. The lowest BCUT2D eigenvalue weighted by Crippen LogP contribution is -2.28. The van der Waals surface area contributed by atoms with E-state index in [9.17, 15) is 13.2 Å². The topological polar surface area (TPSA) is 75.7 Å². The van der Waals surface area contributed by atoms with Gasteiger partial charge < -0.3 is 10.1 Å². The molecule has 0 aliphatic carbocycles. The fourth-order valence-electron chi connectivity index (χ4n) is 2.29. The molecule has 1 N–H and O–H groups in total. The van der Waals surface area contributed by atoms with Crippen molar-refractivity contribution in [2.24, 2.45) is 0 Å². The summed E-state index contributed by atoms with van der Waals surface area (Å²) in [5, 5.41) is 2.91. The minimum atomic E-state index is -3.38. The lowest BCUT2D eigenvalue weighted by Gasteiger charge is -2.18. The Labute approximate surface area is 148 Å². The van der Waals surface area contributed by atoms with Crippen LogP contribution in [0.4, 0.5) is 5.69 Å². The normalized spacial score (nSPS) is 12.3. The molecule has 0 heterocycles. The van der Waals surface area contributed by atoms with Gasteiger partial charge in [-0.1, -0.05) is 18.2 Å². The minimum Gasteiger partial charge on any atom is -0.497 e. The molecular formula is C18H22N2O4S. The second-order valence-corrected chi connectivity index (χ2v) is 7.76. The molecule has 0 aromatic heterocycles. The van der Waals surface area contributed by atoms with E-state index in [4.69, 9.17) is 4.74 Å². The average molecular weight is 362 g/mol. The van der Waals surface area contributed by atoms with Crippen LogP contribution < -0.4 is 14.4 Å². The van der Waals surface area contributed by atoms with Crippen molar-refractivity contribution in [1.29, 1.82) is 0 Å². The number of nitrogens with one attached hydrogen (secondary N) is 1.